The van der Waals surface area contributed by atoms with Gasteiger partial charge in [-0.05, 0) is 6.42 Å². The predicted octanol–water partition coefficient (Wildman–Crippen LogP) is 0.221. The average Bonchev–Trinajstić information content (AvgIpc) is 2.00. The summed E-state index contributed by atoms with van der Waals surface area (Å²) in [6, 6.07) is 0. The van der Waals surface area contributed by atoms with Crippen molar-refractivity contribution in [1.29, 1.82) is 0 Å². The van der Waals surface area contributed by atoms with Crippen LogP contribution in [-0.2, 0) is 19.1 Å². The van der Waals surface area contributed by atoms with Crippen LogP contribution in [0.25, 0.3) is 0 Å². The molecule has 0 bridgehead atoms. The first-order valence-corrected chi connectivity index (χ1v) is 3.00. The molecule has 0 saturated carbocycles. The Balaban J connectivity index is 3.72. The van der Waals surface area contributed by atoms with Crippen molar-refractivity contribution >= 4 is 18.2 Å². The fraction of sp³-hybridized carbons (Fsp3) is 0.286. The van der Waals surface area contributed by atoms with E-state index in [-0.39, 0.29) is 12.9 Å². The van der Waals surface area contributed by atoms with Gasteiger partial charge in [-0.15, -0.1) is 6.58 Å². The minimum atomic E-state index is -1.11. The van der Waals surface area contributed by atoms with Gasteiger partial charge in [0.25, 0.3) is 0 Å². The number of ether oxygens (including phenoxy) is 1. The van der Waals surface area contributed by atoms with Crippen LogP contribution < -0.4 is 0 Å². The van der Waals surface area contributed by atoms with Gasteiger partial charge in [-0.3, -0.25) is 9.59 Å². The third-order valence-corrected chi connectivity index (χ3v) is 0.958. The van der Waals surface area contributed by atoms with Crippen molar-refractivity contribution in [3.63, 3.8) is 0 Å². The molecule has 0 aliphatic rings. The molecule has 0 unspecified atom stereocenters. The summed E-state index contributed by atoms with van der Waals surface area (Å²) in [6.45, 7) is 3.30. The molecular weight excluding hydrogens is 148 g/mol. The van der Waals surface area contributed by atoms with Gasteiger partial charge in [0.05, 0.1) is 0 Å². The van der Waals surface area contributed by atoms with Gasteiger partial charge in [-0.2, -0.15) is 0 Å². The van der Waals surface area contributed by atoms with E-state index in [9.17, 15) is 14.4 Å². The standard InChI is InChI=1S/C7H8O4/c1-2-3-4-6(9)7(10)11-5-8/h2,5H,1,3-4H2. The smallest absolute Gasteiger partial charge is 0.382 e. The SMILES string of the molecule is C=CCCC(=O)C(=O)OC=O. The van der Waals surface area contributed by atoms with Gasteiger partial charge in [0.15, 0.2) is 0 Å². The highest BCUT2D eigenvalue weighted by Crippen LogP contribution is 1.92. The van der Waals surface area contributed by atoms with Crippen molar-refractivity contribution in [2.75, 3.05) is 0 Å². The quantitative estimate of drug-likeness (QED) is 0.188. The van der Waals surface area contributed by atoms with Crippen molar-refractivity contribution in [2.45, 2.75) is 12.8 Å². The number of carbonyl (C=O) groups excluding carboxylic acids is 3. The molecule has 0 atom stereocenters. The maximum absolute atomic E-state index is 10.6. The molecule has 0 heterocycles. The third-order valence-electron chi connectivity index (χ3n) is 0.958. The second-order valence-corrected chi connectivity index (χ2v) is 1.75. The monoisotopic (exact) mass is 156 g/mol. The molecular formula is C7H8O4. The van der Waals surface area contributed by atoms with Crippen molar-refractivity contribution in [3.8, 4) is 0 Å². The summed E-state index contributed by atoms with van der Waals surface area (Å²) in [5, 5.41) is 0. The Morgan fingerprint density at radius 3 is 2.55 bits per heavy atom. The Morgan fingerprint density at radius 1 is 1.45 bits per heavy atom. The Kier molecular flexibility index (Phi) is 4.64. The minimum absolute atomic E-state index is 0.0379. The van der Waals surface area contributed by atoms with Gasteiger partial charge in [0.1, 0.15) is 0 Å². The average molecular weight is 156 g/mol. The molecule has 60 valence electrons. The number of esters is 1. The van der Waals surface area contributed by atoms with Gasteiger partial charge in [-0.25, -0.2) is 4.79 Å². The van der Waals surface area contributed by atoms with Crippen LogP contribution >= 0.6 is 0 Å². The third kappa shape index (κ3) is 4.02. The van der Waals surface area contributed by atoms with Crippen molar-refractivity contribution in [2.24, 2.45) is 0 Å². The van der Waals surface area contributed by atoms with Crippen LogP contribution in [0.1, 0.15) is 12.8 Å². The van der Waals surface area contributed by atoms with Gasteiger partial charge in [-0.1, -0.05) is 6.08 Å². The molecule has 0 amide bonds. The van der Waals surface area contributed by atoms with Crippen molar-refractivity contribution in [1.82, 2.24) is 0 Å². The molecule has 4 nitrogen and oxygen atoms in total. The van der Waals surface area contributed by atoms with Crippen molar-refractivity contribution in [3.05, 3.63) is 12.7 Å². The fourth-order valence-corrected chi connectivity index (χ4v) is 0.445. The molecule has 0 aromatic rings. The van der Waals surface area contributed by atoms with Crippen LogP contribution in [0.15, 0.2) is 12.7 Å². The molecule has 4 heteroatoms. The summed E-state index contributed by atoms with van der Waals surface area (Å²) in [5.74, 6) is -1.82. The molecule has 0 spiro atoms. The lowest BCUT2D eigenvalue weighted by molar-refractivity contribution is -0.158. The Bertz CT molecular complexity index is 183. The molecule has 0 aliphatic heterocycles. The largest absolute Gasteiger partial charge is 0.390 e. The highest BCUT2D eigenvalue weighted by Gasteiger charge is 2.12. The Morgan fingerprint density at radius 2 is 2.09 bits per heavy atom. The van der Waals surface area contributed by atoms with Gasteiger partial charge in [0, 0.05) is 6.42 Å². The zero-order valence-corrected chi connectivity index (χ0v) is 5.91. The van der Waals surface area contributed by atoms with Crippen LogP contribution in [0, 0.1) is 0 Å². The van der Waals surface area contributed by atoms with E-state index in [2.05, 4.69) is 11.3 Å². The topological polar surface area (TPSA) is 60.4 Å². The van der Waals surface area contributed by atoms with E-state index in [0.29, 0.717) is 6.42 Å². The second-order valence-electron chi connectivity index (χ2n) is 1.75. The normalized spacial score (nSPS) is 8.36. The first-order chi connectivity index (χ1) is 5.22. The molecule has 0 aromatic carbocycles. The summed E-state index contributed by atoms with van der Waals surface area (Å²) in [5.41, 5.74) is 0. The fourth-order valence-electron chi connectivity index (χ4n) is 0.445. The first kappa shape index (κ1) is 9.55. The summed E-state index contributed by atoms with van der Waals surface area (Å²) < 4.78 is 3.80. The number of rotatable bonds is 5. The molecule has 0 fully saturated rings. The number of Topliss-reactive ketones (excluding diaryl/α,β-unsaturated/α-hetero) is 1. The zero-order valence-electron chi connectivity index (χ0n) is 5.91. The lowest BCUT2D eigenvalue weighted by Gasteiger charge is -1.92. The molecule has 0 aliphatic carbocycles. The number of hydrogen-bond donors (Lipinski definition) is 0. The van der Waals surface area contributed by atoms with Crippen LogP contribution in [0.3, 0.4) is 0 Å². The van der Waals surface area contributed by atoms with E-state index >= 15 is 0 Å². The summed E-state index contributed by atoms with van der Waals surface area (Å²) in [4.78, 5) is 30.6. The highest BCUT2D eigenvalue weighted by molar-refractivity contribution is 6.34. The number of carbonyl (C=O) groups is 3. The number of allylic oxidation sites excluding steroid dienone is 1. The van der Waals surface area contributed by atoms with E-state index < -0.39 is 11.8 Å². The van der Waals surface area contributed by atoms with Crippen molar-refractivity contribution < 1.29 is 19.1 Å². The van der Waals surface area contributed by atoms with Crippen LogP contribution in [0.2, 0.25) is 0 Å². The Labute approximate surface area is 63.8 Å². The highest BCUT2D eigenvalue weighted by atomic mass is 16.6. The maximum atomic E-state index is 10.6. The van der Waals surface area contributed by atoms with Gasteiger partial charge >= 0.3 is 12.4 Å². The molecule has 0 rings (SSSR count). The number of ketones is 1. The van der Waals surface area contributed by atoms with Crippen LogP contribution in [0.4, 0.5) is 0 Å². The van der Waals surface area contributed by atoms with Crippen LogP contribution in [0.5, 0.6) is 0 Å². The Hall–Kier alpha value is -1.45. The van der Waals surface area contributed by atoms with Gasteiger partial charge in [0.2, 0.25) is 5.78 Å². The maximum Gasteiger partial charge on any atom is 0.382 e. The van der Waals surface area contributed by atoms with Gasteiger partial charge < -0.3 is 4.74 Å². The van der Waals surface area contributed by atoms with Crippen LogP contribution in [-0.4, -0.2) is 18.2 Å². The van der Waals surface area contributed by atoms with E-state index in [4.69, 9.17) is 0 Å². The molecule has 0 aromatic heterocycles. The summed E-state index contributed by atoms with van der Waals surface area (Å²) >= 11 is 0. The van der Waals surface area contributed by atoms with E-state index in [1.807, 2.05) is 0 Å². The molecule has 0 saturated heterocycles. The van der Waals surface area contributed by atoms with E-state index in [0.717, 1.165) is 0 Å². The summed E-state index contributed by atoms with van der Waals surface area (Å²) in [7, 11) is 0. The lowest BCUT2D eigenvalue weighted by Crippen LogP contribution is -2.15. The molecule has 0 radical (unpaired) electrons. The lowest BCUT2D eigenvalue weighted by atomic mass is 10.2. The second kappa shape index (κ2) is 5.34. The van der Waals surface area contributed by atoms with E-state index in [1.165, 1.54) is 6.08 Å². The van der Waals surface area contributed by atoms with E-state index in [1.54, 1.807) is 0 Å². The number of hydrogen-bond acceptors (Lipinski definition) is 4. The minimum Gasteiger partial charge on any atom is -0.390 e. The predicted molar refractivity (Wildman–Crippen MR) is 36.6 cm³/mol. The molecule has 0 N–H and O–H groups in total. The zero-order chi connectivity index (χ0) is 8.69. The first-order valence-electron chi connectivity index (χ1n) is 3.00. The summed E-state index contributed by atoms with van der Waals surface area (Å²) in [6.07, 6.45) is 1.95. The molecule has 11 heavy (non-hydrogen) atoms.